The van der Waals surface area contributed by atoms with Gasteiger partial charge in [-0.2, -0.15) is 0 Å². The van der Waals surface area contributed by atoms with Crippen molar-refractivity contribution < 1.29 is 14.7 Å². The molecule has 1 aliphatic carbocycles. The number of rotatable bonds is 6. The summed E-state index contributed by atoms with van der Waals surface area (Å²) in [5.41, 5.74) is 3.77. The Morgan fingerprint density at radius 2 is 2.00 bits per heavy atom. The van der Waals surface area contributed by atoms with Gasteiger partial charge in [0.15, 0.2) is 17.1 Å². The van der Waals surface area contributed by atoms with Crippen molar-refractivity contribution in [2.45, 2.75) is 32.2 Å². The Hall–Kier alpha value is -3.82. The third kappa shape index (κ3) is 3.18. The first kappa shape index (κ1) is 17.3. The van der Waals surface area contributed by atoms with E-state index in [-0.39, 0.29) is 11.5 Å². The van der Waals surface area contributed by atoms with Gasteiger partial charge in [0.1, 0.15) is 12.0 Å². The van der Waals surface area contributed by atoms with E-state index in [1.165, 1.54) is 23.4 Å². The van der Waals surface area contributed by atoms with Gasteiger partial charge < -0.3 is 14.1 Å². The Kier molecular flexibility index (Phi) is 3.79. The molecule has 10 nitrogen and oxygen atoms in total. The van der Waals surface area contributed by atoms with E-state index >= 15 is 0 Å². The highest BCUT2D eigenvalue weighted by Crippen LogP contribution is 2.41. The number of aromatic nitrogens is 7. The fraction of sp³-hybridized carbons (Fsp3) is 0.263. The highest BCUT2D eigenvalue weighted by Gasteiger charge is 2.25. The van der Waals surface area contributed by atoms with Gasteiger partial charge in [-0.3, -0.25) is 4.79 Å². The van der Waals surface area contributed by atoms with E-state index in [4.69, 9.17) is 10.1 Å². The molecule has 0 atom stereocenters. The summed E-state index contributed by atoms with van der Waals surface area (Å²) in [7, 11) is 0. The molecule has 4 heterocycles. The second kappa shape index (κ2) is 6.36. The van der Waals surface area contributed by atoms with Crippen molar-refractivity contribution in [2.24, 2.45) is 0 Å². The van der Waals surface area contributed by atoms with Crippen molar-refractivity contribution in [3.05, 3.63) is 59.8 Å². The lowest BCUT2D eigenvalue weighted by Gasteiger charge is -2.08. The summed E-state index contributed by atoms with van der Waals surface area (Å²) < 4.78 is 5.21. The average Bonchev–Trinajstić information content (AvgIpc) is 3.08. The second-order valence-electron chi connectivity index (χ2n) is 7.22. The summed E-state index contributed by atoms with van der Waals surface area (Å²) in [5.74, 6) is -0.681. The van der Waals surface area contributed by atoms with Crippen LogP contribution in [0, 0.1) is 0 Å². The highest BCUT2D eigenvalue weighted by molar-refractivity contribution is 5.92. The van der Waals surface area contributed by atoms with Crippen molar-refractivity contribution in [3.63, 3.8) is 0 Å². The molecule has 5 rings (SSSR count). The standard InChI is InChI=1S/C19H17N7O3/c1-11(27)15-8-25(10-20-15)17-4-13(12-2-3-12)5-24-6-14(21-18(17)24)7-26-9-16(19(28)29)22-23-26/h4-6,8-10,12H,2-3,7H2,1H3,(H,28,29). The normalized spacial score (nSPS) is 13.8. The van der Waals surface area contributed by atoms with Crippen LogP contribution in [0.1, 0.15) is 57.9 Å². The summed E-state index contributed by atoms with van der Waals surface area (Å²) in [6, 6.07) is 2.09. The zero-order valence-corrected chi connectivity index (χ0v) is 15.6. The second-order valence-corrected chi connectivity index (χ2v) is 7.22. The fourth-order valence-electron chi connectivity index (χ4n) is 3.33. The molecular weight excluding hydrogens is 374 g/mol. The number of imidazole rings is 2. The van der Waals surface area contributed by atoms with Gasteiger partial charge >= 0.3 is 5.97 Å². The average molecular weight is 391 g/mol. The van der Waals surface area contributed by atoms with Gasteiger partial charge in [0.25, 0.3) is 0 Å². The van der Waals surface area contributed by atoms with Crippen LogP contribution in [0.5, 0.6) is 0 Å². The van der Waals surface area contributed by atoms with Gasteiger partial charge in [-0.25, -0.2) is 19.4 Å². The van der Waals surface area contributed by atoms with Crippen LogP contribution in [0.2, 0.25) is 0 Å². The molecule has 0 bridgehead atoms. The Morgan fingerprint density at radius 1 is 1.17 bits per heavy atom. The number of Topliss-reactive ketones (excluding diaryl/α,β-unsaturated/α-hetero) is 1. The summed E-state index contributed by atoms with van der Waals surface area (Å²) in [5, 5.41) is 16.5. The van der Waals surface area contributed by atoms with E-state index in [1.54, 1.807) is 12.5 Å². The number of carbonyl (C=O) groups is 2. The van der Waals surface area contributed by atoms with Gasteiger partial charge in [-0.05, 0) is 30.4 Å². The van der Waals surface area contributed by atoms with E-state index in [2.05, 4.69) is 27.6 Å². The van der Waals surface area contributed by atoms with Crippen molar-refractivity contribution in [1.82, 2.24) is 33.9 Å². The summed E-state index contributed by atoms with van der Waals surface area (Å²) in [6.07, 6.45) is 11.0. The van der Waals surface area contributed by atoms with Crippen LogP contribution in [0.3, 0.4) is 0 Å². The lowest BCUT2D eigenvalue weighted by Crippen LogP contribution is -2.01. The third-order valence-electron chi connectivity index (χ3n) is 4.95. The predicted octanol–water partition coefficient (Wildman–Crippen LogP) is 1.94. The number of aromatic carboxylic acids is 1. The van der Waals surface area contributed by atoms with Gasteiger partial charge in [-0.1, -0.05) is 5.21 Å². The van der Waals surface area contributed by atoms with Crippen LogP contribution >= 0.6 is 0 Å². The number of carboxylic acids is 1. The smallest absolute Gasteiger partial charge is 0.358 e. The SMILES string of the molecule is CC(=O)c1cn(-c2cc(C3CC3)cn3cc(Cn4cc(C(=O)O)nn4)nc23)cn1. The number of fused-ring (bicyclic) bond motifs is 1. The summed E-state index contributed by atoms with van der Waals surface area (Å²) in [6.45, 7) is 1.78. The molecule has 10 heteroatoms. The first-order valence-electron chi connectivity index (χ1n) is 9.18. The zero-order valence-electron chi connectivity index (χ0n) is 15.6. The Balaban J connectivity index is 1.57. The molecule has 0 radical (unpaired) electrons. The lowest BCUT2D eigenvalue weighted by molar-refractivity contribution is 0.0690. The van der Waals surface area contributed by atoms with Crippen LogP contribution in [-0.2, 0) is 6.54 Å². The molecule has 0 aromatic carbocycles. The minimum atomic E-state index is -1.12. The lowest BCUT2D eigenvalue weighted by atomic mass is 10.2. The molecule has 1 N–H and O–H groups in total. The maximum absolute atomic E-state index is 11.6. The molecule has 0 amide bonds. The molecule has 0 spiro atoms. The van der Waals surface area contributed by atoms with Crippen molar-refractivity contribution in [3.8, 4) is 5.69 Å². The molecule has 0 saturated heterocycles. The Bertz CT molecular complexity index is 1260. The topological polar surface area (TPSA) is 120 Å². The molecule has 1 saturated carbocycles. The summed E-state index contributed by atoms with van der Waals surface area (Å²) >= 11 is 0. The number of carbonyl (C=O) groups excluding carboxylic acids is 1. The quantitative estimate of drug-likeness (QED) is 0.499. The predicted molar refractivity (Wildman–Crippen MR) is 100 cm³/mol. The summed E-state index contributed by atoms with van der Waals surface area (Å²) in [4.78, 5) is 31.5. The molecule has 4 aromatic heterocycles. The number of hydrogen-bond donors (Lipinski definition) is 1. The van der Waals surface area contributed by atoms with Crippen LogP contribution in [-0.4, -0.2) is 50.8 Å². The molecule has 1 fully saturated rings. The van der Waals surface area contributed by atoms with E-state index in [0.717, 1.165) is 24.2 Å². The minimum absolute atomic E-state index is 0.0948. The van der Waals surface area contributed by atoms with E-state index in [9.17, 15) is 9.59 Å². The van der Waals surface area contributed by atoms with Gasteiger partial charge in [-0.15, -0.1) is 5.10 Å². The largest absolute Gasteiger partial charge is 0.476 e. The molecule has 1 aliphatic rings. The monoisotopic (exact) mass is 391 g/mol. The highest BCUT2D eigenvalue weighted by atomic mass is 16.4. The van der Waals surface area contributed by atoms with Crippen molar-refractivity contribution >= 4 is 17.4 Å². The van der Waals surface area contributed by atoms with Crippen LogP contribution in [0.15, 0.2) is 37.2 Å². The molecular formula is C19H17N7O3. The Morgan fingerprint density at radius 3 is 2.66 bits per heavy atom. The van der Waals surface area contributed by atoms with E-state index in [0.29, 0.717) is 23.9 Å². The van der Waals surface area contributed by atoms with Crippen LogP contribution in [0.25, 0.3) is 11.3 Å². The van der Waals surface area contributed by atoms with Crippen LogP contribution in [0.4, 0.5) is 0 Å². The van der Waals surface area contributed by atoms with Crippen molar-refractivity contribution in [1.29, 1.82) is 0 Å². The number of ketones is 1. The molecule has 4 aromatic rings. The molecule has 146 valence electrons. The molecule has 29 heavy (non-hydrogen) atoms. The van der Waals surface area contributed by atoms with Gasteiger partial charge in [0.05, 0.1) is 24.1 Å². The third-order valence-corrected chi connectivity index (χ3v) is 4.95. The van der Waals surface area contributed by atoms with Crippen molar-refractivity contribution in [2.75, 3.05) is 0 Å². The molecule has 0 unspecified atom stereocenters. The van der Waals surface area contributed by atoms with E-state index < -0.39 is 5.97 Å². The van der Waals surface area contributed by atoms with E-state index in [1.807, 2.05) is 15.2 Å². The number of nitrogens with zero attached hydrogens (tertiary/aromatic N) is 7. The zero-order chi connectivity index (χ0) is 20.1. The number of carboxylic acid groups (broad SMARTS) is 1. The minimum Gasteiger partial charge on any atom is -0.476 e. The maximum atomic E-state index is 11.6. The van der Waals surface area contributed by atoms with Gasteiger partial charge in [0, 0.05) is 25.5 Å². The first-order valence-corrected chi connectivity index (χ1v) is 9.18. The number of hydrogen-bond acceptors (Lipinski definition) is 6. The maximum Gasteiger partial charge on any atom is 0.358 e. The fourth-order valence-corrected chi connectivity index (χ4v) is 3.33. The van der Waals surface area contributed by atoms with Crippen LogP contribution < -0.4 is 0 Å². The number of pyridine rings is 1. The molecule has 0 aliphatic heterocycles. The first-order chi connectivity index (χ1) is 14.0. The van der Waals surface area contributed by atoms with Gasteiger partial charge in [0.2, 0.25) is 0 Å². The Labute approximate surface area is 164 Å².